The van der Waals surface area contributed by atoms with Gasteiger partial charge >= 0.3 is 0 Å². The first-order chi connectivity index (χ1) is 9.47. The molecule has 1 rings (SSSR count). The summed E-state index contributed by atoms with van der Waals surface area (Å²) in [5.74, 6) is 0.0551. The third kappa shape index (κ3) is 5.14. The lowest BCUT2D eigenvalue weighted by Gasteiger charge is -2.22. The lowest BCUT2D eigenvalue weighted by molar-refractivity contribution is -0.123. The van der Waals surface area contributed by atoms with Crippen molar-refractivity contribution in [1.29, 1.82) is 0 Å². The molecular weight excluding hydrogens is 272 g/mol. The summed E-state index contributed by atoms with van der Waals surface area (Å²) in [6, 6.07) is 7.83. The van der Waals surface area contributed by atoms with Crippen LogP contribution in [0.5, 0.6) is 0 Å². The van der Waals surface area contributed by atoms with Gasteiger partial charge in [0.05, 0.1) is 6.04 Å². The van der Waals surface area contributed by atoms with Gasteiger partial charge in [0.15, 0.2) is 0 Å². The van der Waals surface area contributed by atoms with Crippen LogP contribution in [0.3, 0.4) is 0 Å². The summed E-state index contributed by atoms with van der Waals surface area (Å²) in [5.41, 5.74) is 1.12. The number of amides is 1. The molecule has 0 bridgehead atoms. The van der Waals surface area contributed by atoms with Crippen molar-refractivity contribution in [3.8, 4) is 0 Å². The molecule has 1 aromatic rings. The molecular formula is C16H25ClN2O. The summed E-state index contributed by atoms with van der Waals surface area (Å²) in [6.07, 6.45) is 1.92. The lowest BCUT2D eigenvalue weighted by atomic mass is 10.1. The van der Waals surface area contributed by atoms with E-state index in [0.717, 1.165) is 23.4 Å². The maximum Gasteiger partial charge on any atom is 0.237 e. The summed E-state index contributed by atoms with van der Waals surface area (Å²) in [4.78, 5) is 12.1. The van der Waals surface area contributed by atoms with Crippen LogP contribution >= 0.6 is 11.6 Å². The molecule has 4 heteroatoms. The predicted molar refractivity (Wildman–Crippen MR) is 85.0 cm³/mol. The van der Waals surface area contributed by atoms with Gasteiger partial charge < -0.3 is 5.32 Å². The normalized spacial score (nSPS) is 14.1. The molecule has 112 valence electrons. The molecule has 0 radical (unpaired) electrons. The number of halogens is 1. The third-order valence-electron chi connectivity index (χ3n) is 3.60. The molecule has 1 aromatic carbocycles. The van der Waals surface area contributed by atoms with Crippen molar-refractivity contribution in [2.45, 2.75) is 58.7 Å². The average molecular weight is 297 g/mol. The maximum atomic E-state index is 12.1. The minimum atomic E-state index is -0.221. The first-order valence-electron chi connectivity index (χ1n) is 7.29. The first kappa shape index (κ1) is 17.0. The smallest absolute Gasteiger partial charge is 0.237 e. The summed E-state index contributed by atoms with van der Waals surface area (Å²) >= 11 is 5.88. The van der Waals surface area contributed by atoms with Gasteiger partial charge in [0, 0.05) is 17.1 Å². The van der Waals surface area contributed by atoms with E-state index < -0.39 is 0 Å². The third-order valence-corrected chi connectivity index (χ3v) is 3.85. The van der Waals surface area contributed by atoms with Gasteiger partial charge in [-0.3, -0.25) is 10.1 Å². The van der Waals surface area contributed by atoms with Gasteiger partial charge in [-0.25, -0.2) is 0 Å². The van der Waals surface area contributed by atoms with Gasteiger partial charge in [-0.05, 0) is 44.4 Å². The van der Waals surface area contributed by atoms with E-state index in [0.29, 0.717) is 0 Å². The van der Waals surface area contributed by atoms with E-state index in [2.05, 4.69) is 24.5 Å². The van der Waals surface area contributed by atoms with Crippen LogP contribution in [-0.2, 0) is 4.79 Å². The van der Waals surface area contributed by atoms with Crippen molar-refractivity contribution in [3.63, 3.8) is 0 Å². The highest BCUT2D eigenvalue weighted by Crippen LogP contribution is 2.16. The molecule has 3 nitrogen and oxygen atoms in total. The second-order valence-corrected chi connectivity index (χ2v) is 5.62. The zero-order chi connectivity index (χ0) is 15.1. The van der Waals surface area contributed by atoms with E-state index in [1.165, 1.54) is 0 Å². The fourth-order valence-corrected chi connectivity index (χ4v) is 2.24. The molecule has 0 fully saturated rings. The standard InChI is InChI=1S/C16H25ClN2O/c1-5-15(6-2)19-16(20)12(4)18-11(3)13-7-9-14(17)10-8-13/h7-12,15,18H,5-6H2,1-4H3,(H,19,20). The van der Waals surface area contributed by atoms with Crippen molar-refractivity contribution in [1.82, 2.24) is 10.6 Å². The molecule has 0 spiro atoms. The topological polar surface area (TPSA) is 41.1 Å². The van der Waals surface area contributed by atoms with E-state index >= 15 is 0 Å². The predicted octanol–water partition coefficient (Wildman–Crippen LogP) is 3.68. The number of rotatable bonds is 7. The monoisotopic (exact) mass is 296 g/mol. The van der Waals surface area contributed by atoms with E-state index in [4.69, 9.17) is 11.6 Å². The molecule has 0 saturated carbocycles. The molecule has 0 aliphatic rings. The number of carbonyl (C=O) groups is 1. The molecule has 1 amide bonds. The summed E-state index contributed by atoms with van der Waals surface area (Å²) in [7, 11) is 0. The first-order valence-corrected chi connectivity index (χ1v) is 7.67. The molecule has 2 unspecified atom stereocenters. The zero-order valence-corrected chi connectivity index (χ0v) is 13.5. The minimum Gasteiger partial charge on any atom is -0.352 e. The molecule has 0 aliphatic heterocycles. The Bertz CT molecular complexity index is 415. The fourth-order valence-electron chi connectivity index (χ4n) is 2.12. The molecule has 2 atom stereocenters. The summed E-state index contributed by atoms with van der Waals surface area (Å²) in [6.45, 7) is 8.11. The van der Waals surface area contributed by atoms with Gasteiger partial charge in [0.25, 0.3) is 0 Å². The van der Waals surface area contributed by atoms with Gasteiger partial charge in [-0.1, -0.05) is 37.6 Å². The van der Waals surface area contributed by atoms with Gasteiger partial charge in [0.1, 0.15) is 0 Å². The van der Waals surface area contributed by atoms with E-state index in [1.54, 1.807) is 0 Å². The Hall–Kier alpha value is -1.06. The second kappa shape index (κ2) is 8.28. The Morgan fingerprint density at radius 1 is 1.15 bits per heavy atom. The zero-order valence-electron chi connectivity index (χ0n) is 12.7. The van der Waals surface area contributed by atoms with Gasteiger partial charge in [-0.2, -0.15) is 0 Å². The SMILES string of the molecule is CCC(CC)NC(=O)C(C)NC(C)c1ccc(Cl)cc1. The van der Waals surface area contributed by atoms with E-state index in [-0.39, 0.29) is 24.0 Å². The average Bonchev–Trinajstić information content (AvgIpc) is 2.44. The van der Waals surface area contributed by atoms with E-state index in [1.807, 2.05) is 38.1 Å². The molecule has 0 heterocycles. The fraction of sp³-hybridized carbons (Fsp3) is 0.562. The number of hydrogen-bond acceptors (Lipinski definition) is 2. The van der Waals surface area contributed by atoms with Crippen LogP contribution < -0.4 is 10.6 Å². The van der Waals surface area contributed by atoms with Crippen LogP contribution in [-0.4, -0.2) is 18.0 Å². The Morgan fingerprint density at radius 2 is 1.70 bits per heavy atom. The lowest BCUT2D eigenvalue weighted by Crippen LogP contribution is -2.46. The van der Waals surface area contributed by atoms with Crippen LogP contribution in [0.1, 0.15) is 52.1 Å². The van der Waals surface area contributed by atoms with E-state index in [9.17, 15) is 4.79 Å². The number of benzene rings is 1. The van der Waals surface area contributed by atoms with Crippen molar-refractivity contribution >= 4 is 17.5 Å². The maximum absolute atomic E-state index is 12.1. The Morgan fingerprint density at radius 3 is 2.20 bits per heavy atom. The van der Waals surface area contributed by atoms with Gasteiger partial charge in [-0.15, -0.1) is 0 Å². The van der Waals surface area contributed by atoms with Crippen LogP contribution in [0.4, 0.5) is 0 Å². The highest BCUT2D eigenvalue weighted by molar-refractivity contribution is 6.30. The number of carbonyl (C=O) groups excluding carboxylic acids is 1. The summed E-state index contributed by atoms with van der Waals surface area (Å²) in [5, 5.41) is 7.10. The molecule has 0 aliphatic carbocycles. The van der Waals surface area contributed by atoms with Crippen molar-refractivity contribution in [3.05, 3.63) is 34.9 Å². The Labute approximate surface area is 127 Å². The largest absolute Gasteiger partial charge is 0.352 e. The highest BCUT2D eigenvalue weighted by atomic mass is 35.5. The second-order valence-electron chi connectivity index (χ2n) is 5.18. The molecule has 0 saturated heterocycles. The van der Waals surface area contributed by atoms with Crippen molar-refractivity contribution in [2.24, 2.45) is 0 Å². The van der Waals surface area contributed by atoms with Crippen LogP contribution in [0, 0.1) is 0 Å². The van der Waals surface area contributed by atoms with Crippen LogP contribution in [0.25, 0.3) is 0 Å². The molecule has 20 heavy (non-hydrogen) atoms. The van der Waals surface area contributed by atoms with Crippen LogP contribution in [0.15, 0.2) is 24.3 Å². The molecule has 0 aromatic heterocycles. The molecule has 2 N–H and O–H groups in total. The number of nitrogens with one attached hydrogen (secondary N) is 2. The summed E-state index contributed by atoms with van der Waals surface area (Å²) < 4.78 is 0. The van der Waals surface area contributed by atoms with Crippen LogP contribution in [0.2, 0.25) is 5.02 Å². The Kier molecular flexibility index (Phi) is 7.03. The quantitative estimate of drug-likeness (QED) is 0.806. The number of hydrogen-bond donors (Lipinski definition) is 2. The Balaban J connectivity index is 2.54. The van der Waals surface area contributed by atoms with Crippen molar-refractivity contribution < 1.29 is 4.79 Å². The minimum absolute atomic E-state index is 0.0551. The van der Waals surface area contributed by atoms with Crippen molar-refractivity contribution in [2.75, 3.05) is 0 Å². The highest BCUT2D eigenvalue weighted by Gasteiger charge is 2.18. The van der Waals surface area contributed by atoms with Gasteiger partial charge in [0.2, 0.25) is 5.91 Å².